The van der Waals surface area contributed by atoms with Crippen molar-refractivity contribution >= 4 is 23.4 Å². The molecule has 1 aliphatic rings. The van der Waals surface area contributed by atoms with Crippen molar-refractivity contribution in [1.82, 2.24) is 5.32 Å². The second-order valence-electron chi connectivity index (χ2n) is 3.93. The molecule has 0 aromatic heterocycles. The fourth-order valence-corrected chi connectivity index (χ4v) is 2.91. The molecule has 1 aromatic carbocycles. The Kier molecular flexibility index (Phi) is 3.72. The summed E-state index contributed by atoms with van der Waals surface area (Å²) in [5.74, 6) is 0.144. The van der Waals surface area contributed by atoms with E-state index < -0.39 is 0 Å². The van der Waals surface area contributed by atoms with Gasteiger partial charge in [0.1, 0.15) is 0 Å². The zero-order chi connectivity index (χ0) is 11.4. The first-order valence-electron chi connectivity index (χ1n) is 5.56. The van der Waals surface area contributed by atoms with Crippen molar-refractivity contribution in [2.45, 2.75) is 29.4 Å². The van der Waals surface area contributed by atoms with E-state index in [1.165, 1.54) is 0 Å². The van der Waals surface area contributed by atoms with E-state index in [4.69, 9.17) is 5.73 Å². The molecule has 1 amide bonds. The molecular formula is C12H16N2OS. The number of nitrogen functional groups attached to an aromatic ring is 1. The molecule has 86 valence electrons. The van der Waals surface area contributed by atoms with Gasteiger partial charge in [0.05, 0.1) is 5.25 Å². The first kappa shape index (κ1) is 11.3. The summed E-state index contributed by atoms with van der Waals surface area (Å²) in [7, 11) is 0. The van der Waals surface area contributed by atoms with Crippen molar-refractivity contribution in [3.05, 3.63) is 24.3 Å². The van der Waals surface area contributed by atoms with Crippen LogP contribution in [-0.2, 0) is 4.79 Å². The van der Waals surface area contributed by atoms with Crippen LogP contribution in [0.5, 0.6) is 0 Å². The quantitative estimate of drug-likeness (QED) is 0.772. The van der Waals surface area contributed by atoms with Crippen LogP contribution >= 0.6 is 11.8 Å². The van der Waals surface area contributed by atoms with Crippen LogP contribution in [0.3, 0.4) is 0 Å². The summed E-state index contributed by atoms with van der Waals surface area (Å²) >= 11 is 1.58. The van der Waals surface area contributed by atoms with Gasteiger partial charge in [0.2, 0.25) is 5.91 Å². The van der Waals surface area contributed by atoms with Crippen molar-refractivity contribution in [1.29, 1.82) is 0 Å². The Morgan fingerprint density at radius 3 is 2.94 bits per heavy atom. The van der Waals surface area contributed by atoms with Crippen molar-refractivity contribution in [3.8, 4) is 0 Å². The lowest BCUT2D eigenvalue weighted by Gasteiger charge is -2.13. The molecule has 3 N–H and O–H groups in total. The van der Waals surface area contributed by atoms with E-state index in [1.54, 1.807) is 11.8 Å². The molecule has 4 heteroatoms. The van der Waals surface area contributed by atoms with Gasteiger partial charge in [-0.15, -0.1) is 11.8 Å². The molecule has 0 bridgehead atoms. The smallest absolute Gasteiger partial charge is 0.233 e. The first-order valence-corrected chi connectivity index (χ1v) is 6.44. The van der Waals surface area contributed by atoms with Gasteiger partial charge in [-0.05, 0) is 25.0 Å². The predicted octanol–water partition coefficient (Wildman–Crippen LogP) is 2.03. The lowest BCUT2D eigenvalue weighted by molar-refractivity contribution is -0.120. The summed E-state index contributed by atoms with van der Waals surface area (Å²) in [5.41, 5.74) is 6.62. The van der Waals surface area contributed by atoms with Crippen LogP contribution < -0.4 is 11.1 Å². The minimum Gasteiger partial charge on any atom is -0.398 e. The summed E-state index contributed by atoms with van der Waals surface area (Å²) in [6.07, 6.45) is 3.11. The van der Waals surface area contributed by atoms with E-state index >= 15 is 0 Å². The van der Waals surface area contributed by atoms with Crippen molar-refractivity contribution in [2.24, 2.45) is 0 Å². The van der Waals surface area contributed by atoms with E-state index in [2.05, 4.69) is 5.32 Å². The molecule has 0 spiro atoms. The second kappa shape index (κ2) is 5.25. The lowest BCUT2D eigenvalue weighted by Crippen LogP contribution is -2.30. The molecule has 1 aromatic rings. The Morgan fingerprint density at radius 1 is 1.31 bits per heavy atom. The molecule has 3 nitrogen and oxygen atoms in total. The minimum absolute atomic E-state index is 0.00667. The van der Waals surface area contributed by atoms with Crippen LogP contribution in [0.15, 0.2) is 29.2 Å². The van der Waals surface area contributed by atoms with Crippen LogP contribution in [0, 0.1) is 0 Å². The van der Waals surface area contributed by atoms with Crippen LogP contribution in [0.25, 0.3) is 0 Å². The van der Waals surface area contributed by atoms with Crippen molar-refractivity contribution < 1.29 is 4.79 Å². The van der Waals surface area contributed by atoms with Gasteiger partial charge in [0, 0.05) is 17.1 Å². The van der Waals surface area contributed by atoms with Crippen LogP contribution in [-0.4, -0.2) is 17.7 Å². The number of carbonyl (C=O) groups is 1. The van der Waals surface area contributed by atoms with Gasteiger partial charge in [-0.1, -0.05) is 18.6 Å². The zero-order valence-corrected chi connectivity index (χ0v) is 9.93. The Morgan fingerprint density at radius 2 is 2.12 bits per heavy atom. The normalized spacial score (nSPS) is 21.2. The highest BCUT2D eigenvalue weighted by Crippen LogP contribution is 2.31. The third kappa shape index (κ3) is 2.70. The van der Waals surface area contributed by atoms with Gasteiger partial charge < -0.3 is 11.1 Å². The minimum atomic E-state index is 0.00667. The number of amides is 1. The number of nitrogens with two attached hydrogens (primary N) is 1. The highest BCUT2D eigenvalue weighted by Gasteiger charge is 2.22. The average Bonchev–Trinajstić information content (AvgIpc) is 2.48. The first-order chi connectivity index (χ1) is 7.77. The van der Waals surface area contributed by atoms with E-state index in [9.17, 15) is 4.79 Å². The SMILES string of the molecule is Nc1ccccc1SC1CCCCNC1=O. The maximum atomic E-state index is 11.8. The summed E-state index contributed by atoms with van der Waals surface area (Å²) in [4.78, 5) is 12.8. The highest BCUT2D eigenvalue weighted by molar-refractivity contribution is 8.00. The number of hydrogen-bond donors (Lipinski definition) is 2. The predicted molar refractivity (Wildman–Crippen MR) is 67.4 cm³/mol. The summed E-state index contributed by atoms with van der Waals surface area (Å²) in [6, 6.07) is 7.70. The van der Waals surface area contributed by atoms with Gasteiger partial charge in [-0.25, -0.2) is 0 Å². The number of hydrogen-bond acceptors (Lipinski definition) is 3. The molecule has 2 rings (SSSR count). The molecule has 1 atom stereocenters. The standard InChI is InChI=1S/C12H16N2OS/c13-9-5-1-2-6-10(9)16-11-7-3-4-8-14-12(11)15/h1-2,5-6,11H,3-4,7-8,13H2,(H,14,15). The summed E-state index contributed by atoms with van der Waals surface area (Å²) < 4.78 is 0. The number of anilines is 1. The Bertz CT molecular complexity index is 381. The molecule has 1 aliphatic heterocycles. The molecule has 1 saturated heterocycles. The van der Waals surface area contributed by atoms with E-state index in [-0.39, 0.29) is 11.2 Å². The summed E-state index contributed by atoms with van der Waals surface area (Å²) in [5, 5.41) is 2.94. The molecule has 0 aliphatic carbocycles. The zero-order valence-electron chi connectivity index (χ0n) is 9.11. The monoisotopic (exact) mass is 236 g/mol. The van der Waals surface area contributed by atoms with Gasteiger partial charge >= 0.3 is 0 Å². The largest absolute Gasteiger partial charge is 0.398 e. The third-order valence-electron chi connectivity index (χ3n) is 2.67. The molecule has 1 heterocycles. The maximum absolute atomic E-state index is 11.8. The number of carbonyl (C=O) groups excluding carboxylic acids is 1. The van der Waals surface area contributed by atoms with Crippen LogP contribution in [0.2, 0.25) is 0 Å². The van der Waals surface area contributed by atoms with Gasteiger partial charge in [-0.3, -0.25) is 4.79 Å². The molecule has 1 unspecified atom stereocenters. The maximum Gasteiger partial charge on any atom is 0.233 e. The third-order valence-corrected chi connectivity index (χ3v) is 4.03. The molecular weight excluding hydrogens is 220 g/mol. The molecule has 1 fully saturated rings. The van der Waals surface area contributed by atoms with Gasteiger partial charge in [-0.2, -0.15) is 0 Å². The van der Waals surface area contributed by atoms with Crippen molar-refractivity contribution in [3.63, 3.8) is 0 Å². The lowest BCUT2D eigenvalue weighted by atomic mass is 10.2. The Labute approximate surface area is 99.8 Å². The van der Waals surface area contributed by atoms with Crippen LogP contribution in [0.4, 0.5) is 5.69 Å². The molecule has 0 saturated carbocycles. The van der Waals surface area contributed by atoms with E-state index in [0.29, 0.717) is 0 Å². The highest BCUT2D eigenvalue weighted by atomic mass is 32.2. The molecule has 0 radical (unpaired) electrons. The molecule has 16 heavy (non-hydrogen) atoms. The Hall–Kier alpha value is -1.16. The second-order valence-corrected chi connectivity index (χ2v) is 5.18. The van der Waals surface area contributed by atoms with Gasteiger partial charge in [0.25, 0.3) is 0 Å². The number of benzene rings is 1. The van der Waals surface area contributed by atoms with E-state index in [1.807, 2.05) is 24.3 Å². The number of thioether (sulfide) groups is 1. The van der Waals surface area contributed by atoms with E-state index in [0.717, 1.165) is 36.4 Å². The Balaban J connectivity index is 2.08. The topological polar surface area (TPSA) is 55.1 Å². The van der Waals surface area contributed by atoms with Gasteiger partial charge in [0.15, 0.2) is 0 Å². The number of nitrogens with one attached hydrogen (secondary N) is 1. The average molecular weight is 236 g/mol. The summed E-state index contributed by atoms with van der Waals surface area (Å²) in [6.45, 7) is 0.806. The number of para-hydroxylation sites is 1. The van der Waals surface area contributed by atoms with Crippen LogP contribution in [0.1, 0.15) is 19.3 Å². The fourth-order valence-electron chi connectivity index (χ4n) is 1.76. The van der Waals surface area contributed by atoms with Crippen molar-refractivity contribution in [2.75, 3.05) is 12.3 Å². The number of rotatable bonds is 2. The fraction of sp³-hybridized carbons (Fsp3) is 0.417.